The minimum Gasteiger partial charge on any atom is -0.200 e. The van der Waals surface area contributed by atoms with E-state index in [4.69, 9.17) is 15.1 Å². The molecule has 100 heavy (non-hydrogen) atoms. The molecule has 12 aromatic rings. The van der Waals surface area contributed by atoms with Gasteiger partial charge in [-0.3, -0.25) is 0 Å². The fourth-order valence-electron chi connectivity index (χ4n) is 14.8. The highest BCUT2D eigenvalue weighted by Crippen LogP contribution is 2.34. The third-order valence-corrected chi connectivity index (χ3v) is 20.5. The molecule has 0 radical (unpaired) electrons. The zero-order chi connectivity index (χ0) is 79.7. The van der Waals surface area contributed by atoms with Crippen molar-refractivity contribution in [3.63, 3.8) is 0 Å². The summed E-state index contributed by atoms with van der Waals surface area (Å²) < 4.78 is 95.3. The second-order valence-corrected chi connectivity index (χ2v) is 28.1. The number of nitrogens with zero attached hydrogens (tertiary/aromatic N) is 4. The van der Waals surface area contributed by atoms with Crippen molar-refractivity contribution in [2.45, 2.75) is 145 Å². The van der Waals surface area contributed by atoms with Crippen molar-refractivity contribution < 1.29 is 33.3 Å². The summed E-state index contributed by atoms with van der Waals surface area (Å²) in [5.74, 6) is -1.89. The Labute approximate surface area is 615 Å². The Hall–Kier alpha value is -9.64. The van der Waals surface area contributed by atoms with E-state index in [9.17, 15) is 0 Å². The van der Waals surface area contributed by atoms with Gasteiger partial charge in [0.05, 0.1) is 0 Å². The van der Waals surface area contributed by atoms with Gasteiger partial charge in [0.15, 0.2) is 24.8 Å². The molecule has 0 amide bonds. The Morgan fingerprint density at radius 2 is 0.670 bits per heavy atom. The summed E-state index contributed by atoms with van der Waals surface area (Å²) in [6, 6.07) is 79.3. The lowest BCUT2D eigenvalue weighted by molar-refractivity contribution is -0.660. The summed E-state index contributed by atoms with van der Waals surface area (Å²) in [6.45, 7) is 5.52. The van der Waals surface area contributed by atoms with E-state index < -0.39 is 32.3 Å². The molecule has 0 N–H and O–H groups in total. The van der Waals surface area contributed by atoms with Crippen LogP contribution in [0.5, 0.6) is 0 Å². The Kier molecular flexibility index (Phi) is 19.5. The van der Waals surface area contributed by atoms with Crippen LogP contribution in [0.15, 0.2) is 255 Å². The summed E-state index contributed by atoms with van der Waals surface area (Å²) in [7, 11) is 8.25. The van der Waals surface area contributed by atoms with Gasteiger partial charge in [-0.2, -0.15) is 0 Å². The first-order valence-corrected chi connectivity index (χ1v) is 35.8. The minimum absolute atomic E-state index is 0.00404. The fourth-order valence-corrected chi connectivity index (χ4v) is 14.8. The van der Waals surface area contributed by atoms with Gasteiger partial charge in [-0.1, -0.05) is 237 Å². The van der Waals surface area contributed by atoms with Gasteiger partial charge in [0.1, 0.15) is 28.2 Å². The molecular weight excluding hydrogens is 1210 g/mol. The summed E-state index contributed by atoms with van der Waals surface area (Å²) in [4.78, 5) is 0. The van der Waals surface area contributed by atoms with E-state index in [0.29, 0.717) is 11.1 Å². The highest BCUT2D eigenvalue weighted by atomic mass is 14.9. The summed E-state index contributed by atoms with van der Waals surface area (Å²) in [6.07, 6.45) is 22.3. The molecule has 14 rings (SSSR count). The van der Waals surface area contributed by atoms with Crippen molar-refractivity contribution in [1.82, 2.24) is 0 Å². The molecule has 2 fully saturated rings. The van der Waals surface area contributed by atoms with Gasteiger partial charge in [0, 0.05) is 83.9 Å². The van der Waals surface area contributed by atoms with Gasteiger partial charge in [-0.25, -0.2) is 18.3 Å². The summed E-state index contributed by atoms with van der Waals surface area (Å²) in [5.41, 5.74) is 27.5. The van der Waals surface area contributed by atoms with E-state index in [1.54, 1.807) is 12.1 Å². The van der Waals surface area contributed by atoms with Gasteiger partial charge < -0.3 is 0 Å². The molecule has 8 aromatic carbocycles. The van der Waals surface area contributed by atoms with Crippen LogP contribution in [0.2, 0.25) is 0 Å². The molecule has 0 bridgehead atoms. The van der Waals surface area contributed by atoms with E-state index in [0.717, 1.165) is 56.6 Å². The van der Waals surface area contributed by atoms with Crippen LogP contribution in [0.1, 0.15) is 161 Å². The van der Waals surface area contributed by atoms with Crippen molar-refractivity contribution in [3.05, 3.63) is 311 Å². The largest absolute Gasteiger partial charge is 0.212 e. The van der Waals surface area contributed by atoms with E-state index in [1.807, 2.05) is 93.3 Å². The highest BCUT2D eigenvalue weighted by molar-refractivity contribution is 5.71. The quantitative estimate of drug-likeness (QED) is 0.0965. The lowest BCUT2D eigenvalue weighted by Gasteiger charge is -2.12. The predicted molar refractivity (Wildman–Crippen MR) is 422 cm³/mol. The van der Waals surface area contributed by atoms with Crippen molar-refractivity contribution in [3.8, 4) is 89.5 Å². The molecule has 2 unspecified atom stereocenters. The van der Waals surface area contributed by atoms with Gasteiger partial charge in [-0.05, 0) is 204 Å². The summed E-state index contributed by atoms with van der Waals surface area (Å²) in [5, 5.41) is 0. The van der Waals surface area contributed by atoms with Crippen LogP contribution in [0.4, 0.5) is 0 Å². The van der Waals surface area contributed by atoms with Crippen LogP contribution < -0.4 is 18.3 Å². The Balaban J connectivity index is 0.000000147. The van der Waals surface area contributed by atoms with Crippen molar-refractivity contribution in [2.24, 2.45) is 40.0 Å². The number of pyridine rings is 4. The second kappa shape index (κ2) is 33.5. The van der Waals surface area contributed by atoms with Crippen molar-refractivity contribution >= 4 is 0 Å². The first-order chi connectivity index (χ1) is 52.7. The number of aromatic nitrogens is 4. The first-order valence-electron chi connectivity index (χ1n) is 41.3. The van der Waals surface area contributed by atoms with Crippen LogP contribution in [0, 0.1) is 53.3 Å². The molecule has 4 aromatic heterocycles. The average molecular weight is 1330 g/mol. The molecule has 508 valence electrons. The van der Waals surface area contributed by atoms with Gasteiger partial charge >= 0.3 is 0 Å². The number of hydrogen-bond acceptors (Lipinski definition) is 0. The second-order valence-electron chi connectivity index (χ2n) is 28.1. The maximum Gasteiger partial charge on any atom is 0.212 e. The Morgan fingerprint density at radius 1 is 0.320 bits per heavy atom. The SMILES string of the molecule is Cc1ccccc1-c1ccc(-c2ccc(CC3CCCC3)cc2)c[n+]1C.Cc1ccccc1-c1ccc(-c2cccc(CC3CCCC3)c2)c[n+]1C.[2H]C([2H])([2H])C([2H])(C)c1ccc(-c2ccc(-c3ccccc3C)[n+](C)c2)cc1C.[2H]C([2H])([2H])c1ccc(-c2ccc(-c3ccccc3C)[n+](C)c2)cc1C([2H])(C)C([2H])([2H])[2H]. The molecule has 0 spiro atoms. The molecule has 0 saturated heterocycles. The van der Waals surface area contributed by atoms with E-state index in [1.165, 1.54) is 168 Å². The van der Waals surface area contributed by atoms with Gasteiger partial charge in [0.2, 0.25) is 22.8 Å². The van der Waals surface area contributed by atoms with E-state index >= 15 is 0 Å². The van der Waals surface area contributed by atoms with Crippen LogP contribution >= 0.6 is 0 Å². The maximum absolute atomic E-state index is 8.49. The Morgan fingerprint density at radius 3 is 1.06 bits per heavy atom. The van der Waals surface area contributed by atoms with Gasteiger partial charge in [0.25, 0.3) is 0 Å². The number of aryl methyl sites for hydroxylation is 10. The molecule has 4 heterocycles. The molecule has 2 saturated carbocycles. The topological polar surface area (TPSA) is 15.5 Å². The number of hydrogen-bond donors (Lipinski definition) is 0. The van der Waals surface area contributed by atoms with Crippen LogP contribution in [-0.2, 0) is 41.0 Å². The molecular formula is C96H108N4+4. The highest BCUT2D eigenvalue weighted by Gasteiger charge is 2.21. The zero-order valence-corrected chi connectivity index (χ0v) is 60.8. The van der Waals surface area contributed by atoms with Crippen LogP contribution in [0.3, 0.4) is 0 Å². The smallest absolute Gasteiger partial charge is 0.200 e. The Bertz CT molecular complexity index is 5230. The van der Waals surface area contributed by atoms with E-state index in [-0.39, 0.29) is 11.1 Å². The third kappa shape index (κ3) is 17.9. The van der Waals surface area contributed by atoms with E-state index in [2.05, 4.69) is 219 Å². The van der Waals surface area contributed by atoms with Crippen LogP contribution in [-0.4, -0.2) is 0 Å². The third-order valence-electron chi connectivity index (χ3n) is 20.5. The van der Waals surface area contributed by atoms with Crippen LogP contribution in [0.25, 0.3) is 89.5 Å². The predicted octanol–water partition coefficient (Wildman–Crippen LogP) is 22.9. The van der Waals surface area contributed by atoms with Crippen molar-refractivity contribution in [2.75, 3.05) is 0 Å². The average Bonchev–Trinajstić information content (AvgIpc) is 1.37. The molecule has 2 atom stereocenters. The molecule has 2 aliphatic rings. The van der Waals surface area contributed by atoms with Crippen molar-refractivity contribution in [1.29, 1.82) is 0 Å². The van der Waals surface area contributed by atoms with Gasteiger partial charge in [-0.15, -0.1) is 0 Å². The molecule has 2 aliphatic carbocycles. The first kappa shape index (κ1) is 58.2. The molecule has 4 nitrogen and oxygen atoms in total. The lowest BCUT2D eigenvalue weighted by atomic mass is 9.93. The standard InChI is InChI=1S/2C25H28N.2C23H26N/c1-19-8-3-6-13-24(19)25-15-14-23(18-26(25)2)22-12-7-11-21(17-22)16-20-9-4-5-10-20;1-19-7-3-6-10-24(19)25-16-15-23(18-26(25)2)22-13-11-21(12-14-22)17-20-8-4-5-9-20;1-16(2)21-12-10-19(14-18(21)4)20-11-13-23(24(5)15-20)22-9-7-6-8-17(22)3;1-16(2)22-14-19(11-10-18(22)4)20-12-13-23(24(5)15-20)21-9-7-6-8-17(21)3/h3,6-8,11-15,17-18,20H,4-5,9-10,16H2,1-2H3;3,6-7,10-16,18,20H,4-5,8-9,17H2,1-2H3;2*6-16H,1-5H3/q4*+1/i;;1D3,16D;1D3,4D3,16D. The fraction of sp³-hybridized carbons (Fsp3) is 0.292. The zero-order valence-electron chi connectivity index (χ0n) is 71.8. The molecule has 0 aliphatic heterocycles. The molecule has 4 heteroatoms. The normalized spacial score (nSPS) is 16.1. The minimum atomic E-state index is -2.68. The lowest BCUT2D eigenvalue weighted by Crippen LogP contribution is -2.30. The number of rotatable bonds is 14. The maximum atomic E-state index is 8.49. The number of benzene rings is 8. The monoisotopic (exact) mass is 1330 g/mol. The summed E-state index contributed by atoms with van der Waals surface area (Å²) >= 11 is 0.